The molecule has 2 aromatic heterocycles. The van der Waals surface area contributed by atoms with E-state index in [1.165, 1.54) is 17.1 Å². The van der Waals surface area contributed by atoms with Gasteiger partial charge >= 0.3 is 5.97 Å². The number of carbonyl (C=O) groups is 1. The van der Waals surface area contributed by atoms with Crippen LogP contribution in [0.3, 0.4) is 0 Å². The molecule has 21 heavy (non-hydrogen) atoms. The summed E-state index contributed by atoms with van der Waals surface area (Å²) in [6.07, 6.45) is 2.78. The van der Waals surface area contributed by atoms with Gasteiger partial charge in [0.2, 0.25) is 0 Å². The van der Waals surface area contributed by atoms with Crippen LogP contribution >= 0.6 is 0 Å². The molecular weight excluding hydrogens is 274 g/mol. The summed E-state index contributed by atoms with van der Waals surface area (Å²) in [5.41, 5.74) is 8.99. The third-order valence-corrected chi connectivity index (χ3v) is 2.79. The summed E-state index contributed by atoms with van der Waals surface area (Å²) in [6, 6.07) is 6.80. The molecule has 0 fully saturated rings. The van der Waals surface area contributed by atoms with Crippen LogP contribution in [0.4, 0.5) is 5.82 Å². The Morgan fingerprint density at radius 3 is 2.81 bits per heavy atom. The van der Waals surface area contributed by atoms with Crippen molar-refractivity contribution in [2.75, 3.05) is 0 Å². The Hall–Kier alpha value is -3.45. The van der Waals surface area contributed by atoms with Crippen LogP contribution in [0.25, 0.3) is 27.2 Å². The van der Waals surface area contributed by atoms with Gasteiger partial charge in [-0.05, 0) is 16.7 Å². The lowest BCUT2D eigenvalue weighted by Crippen LogP contribution is -2.03. The first-order valence-electron chi connectivity index (χ1n) is 5.80. The number of aromatic carboxylic acids is 1. The Labute approximate surface area is 117 Å². The van der Waals surface area contributed by atoms with E-state index in [1.54, 1.807) is 24.3 Å². The van der Waals surface area contributed by atoms with Crippen molar-refractivity contribution < 1.29 is 9.90 Å². The van der Waals surface area contributed by atoms with E-state index in [9.17, 15) is 9.90 Å². The van der Waals surface area contributed by atoms with Crippen LogP contribution in [0.5, 0.6) is 0 Å². The van der Waals surface area contributed by atoms with E-state index in [2.05, 4.69) is 25.1 Å². The molecule has 3 aromatic rings. The second-order valence-corrected chi connectivity index (χ2v) is 3.98. The molecular formula is C12H7N7O2. The fourth-order valence-corrected chi connectivity index (χ4v) is 1.97. The maximum absolute atomic E-state index is 11.3. The Kier molecular flexibility index (Phi) is 2.94. The van der Waals surface area contributed by atoms with E-state index < -0.39 is 5.97 Å². The summed E-state index contributed by atoms with van der Waals surface area (Å²) in [4.78, 5) is 21.9. The number of benzene rings is 1. The minimum Gasteiger partial charge on any atom is -0.476 e. The van der Waals surface area contributed by atoms with Crippen LogP contribution in [-0.2, 0) is 0 Å². The number of azide groups is 1. The standard InChI is InChI=1S/C12H7N7O2/c13-18-16-10-11(15-6-5-14-10)19-8-4-2-1-3-7(8)9(17-19)12(20)21/h1-6H,(H,20,21). The van der Waals surface area contributed by atoms with E-state index in [0.717, 1.165) is 0 Å². The van der Waals surface area contributed by atoms with Crippen molar-refractivity contribution in [3.63, 3.8) is 0 Å². The number of hydrogen-bond donors (Lipinski definition) is 1. The van der Waals surface area contributed by atoms with E-state index in [0.29, 0.717) is 10.9 Å². The molecule has 0 aliphatic rings. The van der Waals surface area contributed by atoms with Crippen LogP contribution in [0.2, 0.25) is 0 Å². The number of aromatic nitrogens is 4. The molecule has 0 unspecified atom stereocenters. The van der Waals surface area contributed by atoms with Gasteiger partial charge in [0.05, 0.1) is 5.52 Å². The van der Waals surface area contributed by atoms with Crippen LogP contribution < -0.4 is 0 Å². The molecule has 0 radical (unpaired) electrons. The molecule has 102 valence electrons. The molecule has 1 N–H and O–H groups in total. The fraction of sp³-hybridized carbons (Fsp3) is 0. The van der Waals surface area contributed by atoms with Crippen molar-refractivity contribution in [2.24, 2.45) is 5.11 Å². The lowest BCUT2D eigenvalue weighted by atomic mass is 10.2. The number of fused-ring (bicyclic) bond motifs is 1. The Balaban J connectivity index is 2.36. The zero-order valence-corrected chi connectivity index (χ0v) is 10.5. The molecule has 9 nitrogen and oxygen atoms in total. The first kappa shape index (κ1) is 12.6. The lowest BCUT2D eigenvalue weighted by molar-refractivity contribution is 0.0692. The summed E-state index contributed by atoms with van der Waals surface area (Å²) in [7, 11) is 0. The van der Waals surface area contributed by atoms with Gasteiger partial charge in [-0.15, -0.1) is 0 Å². The highest BCUT2D eigenvalue weighted by atomic mass is 16.4. The van der Waals surface area contributed by atoms with Crippen molar-refractivity contribution in [1.82, 2.24) is 19.7 Å². The van der Waals surface area contributed by atoms with Gasteiger partial charge in [-0.3, -0.25) is 0 Å². The molecule has 0 atom stereocenters. The van der Waals surface area contributed by atoms with Gasteiger partial charge in [-0.2, -0.15) is 5.10 Å². The molecule has 9 heteroatoms. The van der Waals surface area contributed by atoms with Crippen molar-refractivity contribution in [3.8, 4) is 5.82 Å². The summed E-state index contributed by atoms with van der Waals surface area (Å²) < 4.78 is 1.30. The van der Waals surface area contributed by atoms with Gasteiger partial charge in [0.1, 0.15) is 0 Å². The second-order valence-electron chi connectivity index (χ2n) is 3.98. The normalized spacial score (nSPS) is 10.3. The second kappa shape index (κ2) is 4.91. The molecule has 0 aliphatic carbocycles. The topological polar surface area (TPSA) is 130 Å². The van der Waals surface area contributed by atoms with E-state index in [4.69, 9.17) is 5.53 Å². The first-order valence-corrected chi connectivity index (χ1v) is 5.80. The van der Waals surface area contributed by atoms with Gasteiger partial charge in [-0.1, -0.05) is 18.2 Å². The highest BCUT2D eigenvalue weighted by Gasteiger charge is 2.18. The molecule has 0 bridgehead atoms. The molecule has 0 amide bonds. The number of carboxylic acid groups (broad SMARTS) is 1. The predicted octanol–water partition coefficient (Wildman–Crippen LogP) is 2.46. The Morgan fingerprint density at radius 1 is 1.29 bits per heavy atom. The Morgan fingerprint density at radius 2 is 2.05 bits per heavy atom. The smallest absolute Gasteiger partial charge is 0.357 e. The van der Waals surface area contributed by atoms with Crippen molar-refractivity contribution in [3.05, 3.63) is 52.8 Å². The van der Waals surface area contributed by atoms with E-state index in [1.807, 2.05) is 0 Å². The molecule has 2 heterocycles. The number of hydrogen-bond acceptors (Lipinski definition) is 5. The van der Waals surface area contributed by atoms with Gasteiger partial charge in [0, 0.05) is 22.7 Å². The van der Waals surface area contributed by atoms with Gasteiger partial charge in [0.25, 0.3) is 0 Å². The molecule has 0 spiro atoms. The molecule has 0 saturated carbocycles. The zero-order chi connectivity index (χ0) is 14.8. The quantitative estimate of drug-likeness (QED) is 0.447. The van der Waals surface area contributed by atoms with Crippen molar-refractivity contribution >= 4 is 22.7 Å². The monoisotopic (exact) mass is 281 g/mol. The van der Waals surface area contributed by atoms with Crippen LogP contribution in [0, 0.1) is 0 Å². The lowest BCUT2D eigenvalue weighted by Gasteiger charge is -2.03. The fourth-order valence-electron chi connectivity index (χ4n) is 1.97. The third kappa shape index (κ3) is 2.03. The maximum Gasteiger partial charge on any atom is 0.357 e. The summed E-state index contributed by atoms with van der Waals surface area (Å²) in [5, 5.41) is 17.2. The summed E-state index contributed by atoms with van der Waals surface area (Å²) >= 11 is 0. The van der Waals surface area contributed by atoms with Crippen molar-refractivity contribution in [1.29, 1.82) is 0 Å². The van der Waals surface area contributed by atoms with E-state index >= 15 is 0 Å². The van der Waals surface area contributed by atoms with Gasteiger partial charge in [-0.25, -0.2) is 19.4 Å². The number of para-hydroxylation sites is 1. The zero-order valence-electron chi connectivity index (χ0n) is 10.5. The third-order valence-electron chi connectivity index (χ3n) is 2.79. The molecule has 1 aromatic carbocycles. The first-order chi connectivity index (χ1) is 10.2. The number of carboxylic acids is 1. The predicted molar refractivity (Wildman–Crippen MR) is 72.4 cm³/mol. The summed E-state index contributed by atoms with van der Waals surface area (Å²) in [5.74, 6) is -0.969. The minimum atomic E-state index is -1.15. The maximum atomic E-state index is 11.3. The van der Waals surface area contributed by atoms with Gasteiger partial charge in [0.15, 0.2) is 17.3 Å². The van der Waals surface area contributed by atoms with Crippen molar-refractivity contribution in [2.45, 2.75) is 0 Å². The SMILES string of the molecule is [N-]=[N+]=Nc1nccnc1-n1nc(C(=O)O)c2ccccc21. The van der Waals surface area contributed by atoms with E-state index in [-0.39, 0.29) is 17.3 Å². The van der Waals surface area contributed by atoms with Crippen LogP contribution in [-0.4, -0.2) is 30.8 Å². The highest BCUT2D eigenvalue weighted by molar-refractivity contribution is 6.01. The Bertz CT molecular complexity index is 896. The largest absolute Gasteiger partial charge is 0.476 e. The number of rotatable bonds is 3. The van der Waals surface area contributed by atoms with Crippen LogP contribution in [0.1, 0.15) is 10.5 Å². The molecule has 3 rings (SSSR count). The minimum absolute atomic E-state index is 0.0187. The highest BCUT2D eigenvalue weighted by Crippen LogP contribution is 2.25. The van der Waals surface area contributed by atoms with Crippen LogP contribution in [0.15, 0.2) is 41.8 Å². The average molecular weight is 281 g/mol. The number of nitrogens with zero attached hydrogens (tertiary/aromatic N) is 7. The van der Waals surface area contributed by atoms with Gasteiger partial charge < -0.3 is 5.11 Å². The summed E-state index contributed by atoms with van der Waals surface area (Å²) in [6.45, 7) is 0. The molecule has 0 saturated heterocycles. The molecule has 0 aliphatic heterocycles. The average Bonchev–Trinajstić information content (AvgIpc) is 2.88.